The van der Waals surface area contributed by atoms with Crippen molar-refractivity contribution in [2.75, 3.05) is 39.5 Å². The van der Waals surface area contributed by atoms with Crippen LogP contribution in [0.2, 0.25) is 0 Å². The molecule has 0 N–H and O–H groups in total. The van der Waals surface area contributed by atoms with E-state index < -0.39 is 0 Å². The van der Waals surface area contributed by atoms with Crippen LogP contribution in [0.4, 0.5) is 4.79 Å². The molecule has 0 bridgehead atoms. The monoisotopic (exact) mass is 1050 g/mol. The zero-order valence-corrected chi connectivity index (χ0v) is 49.9. The first kappa shape index (κ1) is 58.8. The van der Waals surface area contributed by atoms with Gasteiger partial charge >= 0.3 is 11.9 Å². The summed E-state index contributed by atoms with van der Waals surface area (Å²) in [5.74, 6) is 6.81. The summed E-state index contributed by atoms with van der Waals surface area (Å²) in [7, 11) is 4.16. The topological polar surface area (TPSA) is 93.2 Å². The maximum atomic E-state index is 13.5. The number of nitrogens with zero attached hydrogens (tertiary/aromatic N) is 2. The zero-order valence-electron chi connectivity index (χ0n) is 49.1. The summed E-state index contributed by atoms with van der Waals surface area (Å²) in [6.45, 7) is 19.8. The Labute approximate surface area is 461 Å². The van der Waals surface area contributed by atoms with Crippen LogP contribution in [0.3, 0.4) is 0 Å². The highest BCUT2D eigenvalue weighted by Gasteiger charge is 2.61. The van der Waals surface area contributed by atoms with Gasteiger partial charge in [-0.15, -0.1) is 0 Å². The van der Waals surface area contributed by atoms with Crippen LogP contribution in [0.15, 0.2) is 34.9 Å². The van der Waals surface area contributed by atoms with Crippen molar-refractivity contribution in [3.63, 3.8) is 0 Å². The van der Waals surface area contributed by atoms with Gasteiger partial charge in [-0.3, -0.25) is 19.2 Å². The number of esters is 2. The van der Waals surface area contributed by atoms with Crippen molar-refractivity contribution in [2.24, 2.45) is 69.0 Å². The lowest BCUT2D eigenvalue weighted by Gasteiger charge is -2.57. The first-order chi connectivity index (χ1) is 35.9. The van der Waals surface area contributed by atoms with E-state index >= 15 is 0 Å². The molecule has 422 valence electrons. The number of allylic oxidation sites excluding steroid dienone is 4. The van der Waals surface area contributed by atoms with Gasteiger partial charge in [-0.05, 0) is 206 Å². The zero-order chi connectivity index (χ0) is 53.5. The molecule has 13 unspecified atom stereocenters. The van der Waals surface area contributed by atoms with Gasteiger partial charge in [-0.1, -0.05) is 134 Å². The van der Waals surface area contributed by atoms with Crippen LogP contribution in [-0.2, 0) is 23.9 Å². The van der Waals surface area contributed by atoms with E-state index in [0.29, 0.717) is 54.1 Å². The van der Waals surface area contributed by atoms with Crippen molar-refractivity contribution in [2.45, 2.75) is 247 Å². The third-order valence-electron chi connectivity index (χ3n) is 22.5. The molecule has 0 aliphatic heterocycles. The maximum absolute atomic E-state index is 13.5. The molecule has 1 amide bonds. The lowest BCUT2D eigenvalue weighted by molar-refractivity contribution is -0.160. The summed E-state index contributed by atoms with van der Waals surface area (Å²) in [5, 5.41) is 0.182. The second-order valence-corrected chi connectivity index (χ2v) is 29.0. The highest BCUT2D eigenvalue weighted by molar-refractivity contribution is 8.13. The fraction of sp³-hybridized carbons (Fsp3) is 0.848. The van der Waals surface area contributed by atoms with Gasteiger partial charge in [0.15, 0.2) is 5.78 Å². The van der Waals surface area contributed by atoms with E-state index in [9.17, 15) is 19.2 Å². The number of rotatable bonds is 25. The number of thioether (sulfide) groups is 1. The smallest absolute Gasteiger partial charge is 0.306 e. The van der Waals surface area contributed by atoms with Gasteiger partial charge in [-0.2, -0.15) is 0 Å². The Balaban J connectivity index is 0.718. The molecule has 0 saturated heterocycles. The number of carbonyl (C=O) groups excluding carboxylic acids is 4. The third-order valence-corrected chi connectivity index (χ3v) is 23.5. The first-order valence-electron chi connectivity index (χ1n) is 31.5. The van der Waals surface area contributed by atoms with Crippen molar-refractivity contribution in [3.05, 3.63) is 34.9 Å². The molecule has 0 aromatic carbocycles. The molecule has 0 aromatic rings. The van der Waals surface area contributed by atoms with E-state index in [4.69, 9.17) is 9.47 Å². The number of unbranched alkanes of at least 4 members (excludes halogenated alkanes) is 6. The average molecular weight is 1060 g/mol. The SMILES string of the molecule is CC(C)CCCC(C)C1CCC2C3=CC=C4CC(OC(=O)CCCCCCN(CCCCCCC(=O)OC5CCC6C7CCC8=CC(=O)CCC8(C)C7CCC56C)C(=O)SCCCN(C)C)CCC4(C)C3CCC21C. The van der Waals surface area contributed by atoms with Gasteiger partial charge in [0.05, 0.1) is 0 Å². The van der Waals surface area contributed by atoms with E-state index in [0.717, 1.165) is 158 Å². The summed E-state index contributed by atoms with van der Waals surface area (Å²) in [6.07, 6.45) is 37.2. The van der Waals surface area contributed by atoms with Crippen molar-refractivity contribution in [3.8, 4) is 0 Å². The average Bonchev–Trinajstić information content (AvgIpc) is 3.94. The second-order valence-electron chi connectivity index (χ2n) is 27.9. The molecule has 0 aromatic heterocycles. The quantitative estimate of drug-likeness (QED) is 0.0659. The second kappa shape index (κ2) is 25.8. The summed E-state index contributed by atoms with van der Waals surface area (Å²) >= 11 is 1.46. The minimum absolute atomic E-state index is 0.00903. The summed E-state index contributed by atoms with van der Waals surface area (Å²) in [5.41, 5.74) is 5.55. The molecule has 6 fully saturated rings. The van der Waals surface area contributed by atoms with Crippen molar-refractivity contribution >= 4 is 34.7 Å². The molecule has 9 heteroatoms. The number of ether oxygens (including phenoxy) is 2. The Morgan fingerprint density at radius 3 is 2.07 bits per heavy atom. The fourth-order valence-electron chi connectivity index (χ4n) is 18.0. The molecular weight excluding hydrogens is 949 g/mol. The molecule has 0 heterocycles. The minimum Gasteiger partial charge on any atom is -0.462 e. The van der Waals surface area contributed by atoms with Crippen LogP contribution < -0.4 is 0 Å². The van der Waals surface area contributed by atoms with Crippen LogP contribution in [0.1, 0.15) is 235 Å². The Hall–Kier alpha value is -2.39. The number of ketones is 1. The van der Waals surface area contributed by atoms with E-state index in [1.165, 1.54) is 80.7 Å². The van der Waals surface area contributed by atoms with Crippen LogP contribution >= 0.6 is 11.8 Å². The standard InChI is InChI=1S/C66H106N2O6S/c1-46(2)20-18-21-47(3)54-28-29-55-52-27-25-49-45-51(33-37-64(49,5)57(52)34-38-65(54,55)6)73-60(70)22-14-10-12-16-41-68(62(72)75-43-19-40-67(8)9)42-17-13-11-15-23-61(71)74-59-31-30-56-53-26-24-48-44-50(69)32-36-63(48,4)58(53)35-39-66(56,59)7/h25,27,44,46-47,51,53-59H,10-24,26,28-43,45H2,1-9H3. The van der Waals surface area contributed by atoms with Crippen molar-refractivity contribution < 1.29 is 28.7 Å². The van der Waals surface area contributed by atoms with Crippen LogP contribution in [-0.4, -0.2) is 84.5 Å². The summed E-state index contributed by atoms with van der Waals surface area (Å²) in [4.78, 5) is 56.6. The largest absolute Gasteiger partial charge is 0.462 e. The third kappa shape index (κ3) is 13.5. The number of amides is 1. The molecule has 8 nitrogen and oxygen atoms in total. The summed E-state index contributed by atoms with van der Waals surface area (Å²) < 4.78 is 12.6. The van der Waals surface area contributed by atoms with Crippen LogP contribution in [0.5, 0.6) is 0 Å². The predicted molar refractivity (Wildman–Crippen MR) is 308 cm³/mol. The van der Waals surface area contributed by atoms with Crippen molar-refractivity contribution in [1.29, 1.82) is 0 Å². The van der Waals surface area contributed by atoms with Crippen LogP contribution in [0.25, 0.3) is 0 Å². The number of fused-ring (bicyclic) bond motifs is 10. The molecule has 0 spiro atoms. The molecular formula is C66H106N2O6S. The predicted octanol–water partition coefficient (Wildman–Crippen LogP) is 16.3. The van der Waals surface area contributed by atoms with E-state index in [2.05, 4.69) is 84.5 Å². The summed E-state index contributed by atoms with van der Waals surface area (Å²) in [6, 6.07) is 0. The van der Waals surface area contributed by atoms with Gasteiger partial charge in [0.1, 0.15) is 12.2 Å². The lowest BCUT2D eigenvalue weighted by Crippen LogP contribution is -2.51. The Morgan fingerprint density at radius 1 is 0.640 bits per heavy atom. The van der Waals surface area contributed by atoms with Gasteiger partial charge in [0.25, 0.3) is 5.24 Å². The number of carbonyl (C=O) groups is 4. The van der Waals surface area contributed by atoms with E-state index in [1.54, 1.807) is 5.57 Å². The highest BCUT2D eigenvalue weighted by Crippen LogP contribution is 2.68. The Morgan fingerprint density at radius 2 is 1.35 bits per heavy atom. The van der Waals surface area contributed by atoms with Crippen LogP contribution in [0, 0.1) is 69.0 Å². The first-order valence-corrected chi connectivity index (χ1v) is 32.4. The Bertz CT molecular complexity index is 2080. The molecule has 8 rings (SSSR count). The Kier molecular flexibility index (Phi) is 20.2. The fourth-order valence-corrected chi connectivity index (χ4v) is 18.9. The van der Waals surface area contributed by atoms with Gasteiger partial charge in [-0.25, -0.2) is 0 Å². The number of hydrogen-bond acceptors (Lipinski definition) is 8. The lowest BCUT2D eigenvalue weighted by atomic mass is 9.47. The van der Waals surface area contributed by atoms with Gasteiger partial charge < -0.3 is 19.3 Å². The minimum atomic E-state index is -0.0440. The van der Waals surface area contributed by atoms with Gasteiger partial charge in [0, 0.05) is 49.9 Å². The van der Waals surface area contributed by atoms with E-state index in [1.807, 2.05) is 6.08 Å². The van der Waals surface area contributed by atoms with Crippen molar-refractivity contribution in [1.82, 2.24) is 9.80 Å². The maximum Gasteiger partial charge on any atom is 0.306 e. The normalized spacial score (nSPS) is 35.2. The molecule has 6 saturated carbocycles. The molecule has 8 aliphatic carbocycles. The molecule has 13 atom stereocenters. The molecule has 8 aliphatic rings. The highest BCUT2D eigenvalue weighted by atomic mass is 32.2. The van der Waals surface area contributed by atoms with E-state index in [-0.39, 0.29) is 45.6 Å². The molecule has 0 radical (unpaired) electrons. The molecule has 75 heavy (non-hydrogen) atoms. The number of hydrogen-bond donors (Lipinski definition) is 0. The van der Waals surface area contributed by atoms with Gasteiger partial charge in [0.2, 0.25) is 0 Å².